The summed E-state index contributed by atoms with van der Waals surface area (Å²) in [6, 6.07) is 10.2. The maximum Gasteiger partial charge on any atom is 0.110 e. The summed E-state index contributed by atoms with van der Waals surface area (Å²) in [5.41, 5.74) is 3.26. The van der Waals surface area contributed by atoms with E-state index < -0.39 is 0 Å². The molecule has 0 radical (unpaired) electrons. The van der Waals surface area contributed by atoms with Gasteiger partial charge in [-0.3, -0.25) is 0 Å². The van der Waals surface area contributed by atoms with Gasteiger partial charge >= 0.3 is 0 Å². The second-order valence-corrected chi connectivity index (χ2v) is 3.95. The Morgan fingerprint density at radius 3 is 2.65 bits per heavy atom. The van der Waals surface area contributed by atoms with Crippen molar-refractivity contribution >= 4 is 5.70 Å². The zero-order valence-electron chi connectivity index (χ0n) is 10.2. The van der Waals surface area contributed by atoms with Gasteiger partial charge in [-0.1, -0.05) is 43.0 Å². The molecule has 2 heteroatoms. The van der Waals surface area contributed by atoms with E-state index in [0.717, 1.165) is 22.8 Å². The summed E-state index contributed by atoms with van der Waals surface area (Å²) in [6.07, 6.45) is 5.82. The number of aromatic nitrogens is 2. The van der Waals surface area contributed by atoms with E-state index in [9.17, 15) is 0 Å². The first-order chi connectivity index (χ1) is 8.22. The van der Waals surface area contributed by atoms with E-state index in [-0.39, 0.29) is 0 Å². The summed E-state index contributed by atoms with van der Waals surface area (Å²) in [6.45, 7) is 7.76. The van der Waals surface area contributed by atoms with Crippen LogP contribution in [0.2, 0.25) is 0 Å². The lowest BCUT2D eigenvalue weighted by Crippen LogP contribution is -1.93. The fourth-order valence-electron chi connectivity index (χ4n) is 1.83. The Kier molecular flexibility index (Phi) is 3.24. The van der Waals surface area contributed by atoms with Gasteiger partial charge in [0.05, 0.1) is 5.69 Å². The van der Waals surface area contributed by atoms with Gasteiger partial charge in [0.15, 0.2) is 0 Å². The van der Waals surface area contributed by atoms with Crippen LogP contribution >= 0.6 is 0 Å². The van der Waals surface area contributed by atoms with Gasteiger partial charge in [0.1, 0.15) is 5.82 Å². The van der Waals surface area contributed by atoms with Gasteiger partial charge in [0.25, 0.3) is 0 Å². The lowest BCUT2D eigenvalue weighted by atomic mass is 10.2. The number of aryl methyl sites for hydroxylation is 1. The molecule has 0 aliphatic heterocycles. The Bertz CT molecular complexity index is 548. The van der Waals surface area contributed by atoms with Crippen molar-refractivity contribution in [1.29, 1.82) is 0 Å². The van der Waals surface area contributed by atoms with Crippen molar-refractivity contribution < 1.29 is 0 Å². The van der Waals surface area contributed by atoms with Crippen LogP contribution in [-0.2, 0) is 0 Å². The van der Waals surface area contributed by atoms with Gasteiger partial charge in [0, 0.05) is 17.5 Å². The molecule has 0 N–H and O–H groups in total. The highest BCUT2D eigenvalue weighted by Gasteiger charge is 2.06. The van der Waals surface area contributed by atoms with Gasteiger partial charge in [-0.25, -0.2) is 4.98 Å². The van der Waals surface area contributed by atoms with Crippen LogP contribution in [-0.4, -0.2) is 9.55 Å². The van der Waals surface area contributed by atoms with Crippen LogP contribution in [0.1, 0.15) is 12.7 Å². The summed E-state index contributed by atoms with van der Waals surface area (Å²) in [5.74, 6) is 0.986. The highest BCUT2D eigenvalue weighted by atomic mass is 15.1. The Hall–Kier alpha value is -2.09. The molecule has 1 aromatic carbocycles. The normalized spacial score (nSPS) is 11.5. The number of nitrogens with zero attached hydrogens (tertiary/aromatic N) is 2. The van der Waals surface area contributed by atoms with Crippen LogP contribution in [0.4, 0.5) is 0 Å². The van der Waals surface area contributed by atoms with Crippen molar-refractivity contribution in [1.82, 2.24) is 9.55 Å². The monoisotopic (exact) mass is 224 g/mol. The van der Waals surface area contributed by atoms with Crippen molar-refractivity contribution in [3.8, 4) is 11.3 Å². The van der Waals surface area contributed by atoms with Gasteiger partial charge in [0.2, 0.25) is 0 Å². The number of hydrogen-bond donors (Lipinski definition) is 0. The Morgan fingerprint density at radius 1 is 1.29 bits per heavy atom. The van der Waals surface area contributed by atoms with E-state index in [0.29, 0.717) is 0 Å². The van der Waals surface area contributed by atoms with Gasteiger partial charge in [-0.15, -0.1) is 0 Å². The Labute approximate surface area is 102 Å². The van der Waals surface area contributed by atoms with Crippen LogP contribution in [0.25, 0.3) is 17.0 Å². The summed E-state index contributed by atoms with van der Waals surface area (Å²) >= 11 is 0. The first kappa shape index (κ1) is 11.4. The van der Waals surface area contributed by atoms with Gasteiger partial charge in [-0.2, -0.15) is 0 Å². The smallest absolute Gasteiger partial charge is 0.110 e. The average Bonchev–Trinajstić information content (AvgIpc) is 2.73. The van der Waals surface area contributed by atoms with Crippen LogP contribution in [0, 0.1) is 6.92 Å². The summed E-state index contributed by atoms with van der Waals surface area (Å²) in [4.78, 5) is 4.57. The molecule has 0 unspecified atom stereocenters. The number of hydrogen-bond acceptors (Lipinski definition) is 1. The van der Waals surface area contributed by atoms with E-state index in [2.05, 4.69) is 34.5 Å². The molecular formula is C15H16N2. The molecule has 0 atom stereocenters. The maximum absolute atomic E-state index is 4.57. The molecular weight excluding hydrogens is 208 g/mol. The van der Waals surface area contributed by atoms with E-state index >= 15 is 0 Å². The van der Waals surface area contributed by atoms with Crippen LogP contribution in [0.3, 0.4) is 0 Å². The molecule has 17 heavy (non-hydrogen) atoms. The molecule has 0 amide bonds. The third-order valence-corrected chi connectivity index (χ3v) is 2.69. The molecule has 86 valence electrons. The lowest BCUT2D eigenvalue weighted by molar-refractivity contribution is 0.989. The van der Waals surface area contributed by atoms with E-state index in [1.54, 1.807) is 6.08 Å². The fourth-order valence-corrected chi connectivity index (χ4v) is 1.83. The zero-order valence-corrected chi connectivity index (χ0v) is 10.2. The molecule has 1 aromatic heterocycles. The lowest BCUT2D eigenvalue weighted by Gasteiger charge is -2.02. The second kappa shape index (κ2) is 4.83. The van der Waals surface area contributed by atoms with Crippen LogP contribution in [0.5, 0.6) is 0 Å². The highest BCUT2D eigenvalue weighted by Crippen LogP contribution is 2.20. The molecule has 0 aliphatic carbocycles. The zero-order chi connectivity index (χ0) is 12.3. The van der Waals surface area contributed by atoms with Crippen molar-refractivity contribution in [3.05, 3.63) is 61.1 Å². The minimum Gasteiger partial charge on any atom is -0.307 e. The SMILES string of the molecule is C=C/C=C(/C)n1cc(-c2ccccc2)nc1C. The summed E-state index contributed by atoms with van der Waals surface area (Å²) < 4.78 is 2.07. The molecule has 0 aliphatic rings. The van der Waals surface area contributed by atoms with Crippen LogP contribution in [0.15, 0.2) is 55.3 Å². The average molecular weight is 224 g/mol. The van der Waals surface area contributed by atoms with Crippen molar-refractivity contribution in [2.45, 2.75) is 13.8 Å². The third-order valence-electron chi connectivity index (χ3n) is 2.69. The molecule has 2 rings (SSSR count). The second-order valence-electron chi connectivity index (χ2n) is 3.95. The number of imidazole rings is 1. The molecule has 0 saturated carbocycles. The summed E-state index contributed by atoms with van der Waals surface area (Å²) in [5, 5.41) is 0. The molecule has 0 bridgehead atoms. The maximum atomic E-state index is 4.57. The van der Waals surface area contributed by atoms with Crippen LogP contribution < -0.4 is 0 Å². The van der Waals surface area contributed by atoms with Crippen molar-refractivity contribution in [2.75, 3.05) is 0 Å². The number of rotatable bonds is 3. The topological polar surface area (TPSA) is 17.8 Å². The standard InChI is InChI=1S/C15H16N2/c1-4-8-12(2)17-11-15(16-13(17)3)14-9-6-5-7-10-14/h4-11H,1H2,2-3H3/b12-8-. The fraction of sp³-hybridized carbons (Fsp3) is 0.133. The summed E-state index contributed by atoms with van der Waals surface area (Å²) in [7, 11) is 0. The first-order valence-electron chi connectivity index (χ1n) is 5.63. The van der Waals surface area contributed by atoms with E-state index in [4.69, 9.17) is 0 Å². The molecule has 2 nitrogen and oxygen atoms in total. The Balaban J connectivity index is 2.44. The molecule has 1 heterocycles. The van der Waals surface area contributed by atoms with Gasteiger partial charge < -0.3 is 4.57 Å². The molecule has 0 saturated heterocycles. The highest BCUT2D eigenvalue weighted by molar-refractivity contribution is 5.60. The van der Waals surface area contributed by atoms with E-state index in [1.165, 1.54) is 0 Å². The number of benzene rings is 1. The molecule has 0 spiro atoms. The Morgan fingerprint density at radius 2 is 2.00 bits per heavy atom. The first-order valence-corrected chi connectivity index (χ1v) is 5.63. The predicted octanol–water partition coefficient (Wildman–Crippen LogP) is 3.91. The van der Waals surface area contributed by atoms with Gasteiger partial charge in [-0.05, 0) is 19.9 Å². The minimum atomic E-state index is 0.986. The largest absolute Gasteiger partial charge is 0.307 e. The molecule has 2 aromatic rings. The third kappa shape index (κ3) is 2.36. The minimum absolute atomic E-state index is 0.986. The molecule has 0 fully saturated rings. The van der Waals surface area contributed by atoms with Crippen molar-refractivity contribution in [2.24, 2.45) is 0 Å². The quantitative estimate of drug-likeness (QED) is 0.723. The number of allylic oxidation sites excluding steroid dienone is 3. The predicted molar refractivity (Wildman–Crippen MR) is 72.5 cm³/mol. The van der Waals surface area contributed by atoms with E-state index in [1.807, 2.05) is 38.1 Å². The van der Waals surface area contributed by atoms with Crippen molar-refractivity contribution in [3.63, 3.8) is 0 Å².